The average Bonchev–Trinajstić information content (AvgIpc) is 3.30. The molecule has 2 amide bonds. The molecule has 0 radical (unpaired) electrons. The molecule has 7 atom stereocenters. The zero-order chi connectivity index (χ0) is 30.6. The van der Waals surface area contributed by atoms with Crippen molar-refractivity contribution in [1.82, 2.24) is 10.2 Å². The van der Waals surface area contributed by atoms with Crippen LogP contribution in [0.25, 0.3) is 0 Å². The summed E-state index contributed by atoms with van der Waals surface area (Å²) < 4.78 is 5.75. The van der Waals surface area contributed by atoms with Gasteiger partial charge in [-0.2, -0.15) is 0 Å². The highest BCUT2D eigenvalue weighted by Gasteiger charge is 2.69. The van der Waals surface area contributed by atoms with Crippen molar-refractivity contribution >= 4 is 29.4 Å². The molecule has 42 heavy (non-hydrogen) atoms. The average molecular weight is 585 g/mol. The van der Waals surface area contributed by atoms with E-state index in [1.54, 1.807) is 11.0 Å². The number of likely N-dealkylation sites (tertiary alicyclic amines) is 1. The number of piperidine rings is 1. The minimum absolute atomic E-state index is 0.00103. The van der Waals surface area contributed by atoms with Crippen LogP contribution in [0.3, 0.4) is 0 Å². The Balaban J connectivity index is 1.52. The fourth-order valence-corrected chi connectivity index (χ4v) is 8.11. The molecule has 1 aliphatic heterocycles. The number of nitrogens with zero attached hydrogens (tertiary/aromatic N) is 1. The number of hydrogen-bond acceptors (Lipinski definition) is 6. The fourth-order valence-electron chi connectivity index (χ4n) is 8.11. The summed E-state index contributed by atoms with van der Waals surface area (Å²) in [4.78, 5) is 68.7. The number of fused-ring (bicyclic) bond motifs is 1. The van der Waals surface area contributed by atoms with Crippen LogP contribution in [0, 0.1) is 35.0 Å². The lowest BCUT2D eigenvalue weighted by molar-refractivity contribution is -0.144. The molecule has 3 aliphatic carbocycles. The molecule has 3 saturated carbocycles. The maximum atomic E-state index is 14.3. The van der Waals surface area contributed by atoms with E-state index in [1.165, 1.54) is 0 Å². The lowest BCUT2D eigenvalue weighted by Crippen LogP contribution is -2.57. The predicted molar refractivity (Wildman–Crippen MR) is 161 cm³/mol. The van der Waals surface area contributed by atoms with E-state index in [-0.39, 0.29) is 53.8 Å². The van der Waals surface area contributed by atoms with Crippen molar-refractivity contribution in [2.45, 2.75) is 129 Å². The zero-order valence-corrected chi connectivity index (χ0v) is 26.2. The van der Waals surface area contributed by atoms with Gasteiger partial charge in [0.15, 0.2) is 11.6 Å². The summed E-state index contributed by atoms with van der Waals surface area (Å²) in [7, 11) is 0. The Labute approximate surface area is 251 Å². The van der Waals surface area contributed by atoms with Crippen molar-refractivity contribution in [2.75, 3.05) is 6.54 Å². The van der Waals surface area contributed by atoms with Gasteiger partial charge in [0.1, 0.15) is 12.1 Å². The lowest BCUT2D eigenvalue weighted by Gasteiger charge is -2.37. The predicted octanol–water partition coefficient (Wildman–Crippen LogP) is 5.81. The third-order valence-corrected chi connectivity index (χ3v) is 10.7. The molecule has 0 aromatic rings. The molecular formula is C34H52N2O6. The van der Waals surface area contributed by atoms with Crippen LogP contribution in [0.1, 0.15) is 111 Å². The highest BCUT2D eigenvalue weighted by molar-refractivity contribution is 6.38. The van der Waals surface area contributed by atoms with Gasteiger partial charge in [-0.15, -0.1) is 6.58 Å². The monoisotopic (exact) mass is 584 g/mol. The number of carbonyl (C=O) groups excluding carboxylic acids is 5. The third-order valence-electron chi connectivity index (χ3n) is 10.7. The van der Waals surface area contributed by atoms with Crippen LogP contribution in [-0.2, 0) is 23.9 Å². The van der Waals surface area contributed by atoms with Gasteiger partial charge in [-0.1, -0.05) is 59.5 Å². The number of Topliss-reactive ketones (excluding diaryl/α,β-unsaturated/α-hetero) is 3. The minimum atomic E-state index is -0.735. The summed E-state index contributed by atoms with van der Waals surface area (Å²) in [5.41, 5.74) is -0.0764. The number of rotatable bonds is 14. The Kier molecular flexibility index (Phi) is 10.7. The molecule has 4 aliphatic rings. The van der Waals surface area contributed by atoms with E-state index in [1.807, 2.05) is 6.92 Å². The standard InChI is InChI=1S/C34H52N2O6/c1-6-8-15-26(37)31(39)23(12-7-2)19-27(38)30-28-25(34(28,4)5)20-36(30)32(40)29(22-13-10-9-11-14-22)35-33(41)42-24-17-16-21(3)18-24/h6,21-25,28-30H,1,7-20H2,2-5H3,(H,35,41)/t21?,23?,24?,25-,28-,29-,30+/m0/s1. The second-order valence-electron chi connectivity index (χ2n) is 14.1. The Bertz CT molecular complexity index is 1050. The molecule has 0 aromatic carbocycles. The maximum Gasteiger partial charge on any atom is 0.408 e. The van der Waals surface area contributed by atoms with Gasteiger partial charge in [0.2, 0.25) is 11.7 Å². The molecule has 1 heterocycles. The van der Waals surface area contributed by atoms with Gasteiger partial charge >= 0.3 is 6.09 Å². The SMILES string of the molecule is C=CCCC(=O)C(=O)C(CCC)CC(=O)[C@@H]1[C@@H]2[C@H](CN1C(=O)[C@@H](NC(=O)OC1CCC(C)C1)C1CCCCC1)C2(C)C. The van der Waals surface area contributed by atoms with Gasteiger partial charge in [-0.25, -0.2) is 4.79 Å². The van der Waals surface area contributed by atoms with Crippen LogP contribution < -0.4 is 5.32 Å². The number of hydrogen-bond donors (Lipinski definition) is 1. The van der Waals surface area contributed by atoms with E-state index in [4.69, 9.17) is 4.74 Å². The third kappa shape index (κ3) is 7.16. The Morgan fingerprint density at radius 1 is 1.07 bits per heavy atom. The van der Waals surface area contributed by atoms with E-state index >= 15 is 0 Å². The molecule has 4 rings (SSSR count). The second kappa shape index (κ2) is 13.9. The maximum absolute atomic E-state index is 14.3. The molecule has 1 N–H and O–H groups in total. The van der Waals surface area contributed by atoms with E-state index in [9.17, 15) is 24.0 Å². The summed E-state index contributed by atoms with van der Waals surface area (Å²) >= 11 is 0. The van der Waals surface area contributed by atoms with Crippen molar-refractivity contribution in [3.63, 3.8) is 0 Å². The first-order chi connectivity index (χ1) is 20.0. The van der Waals surface area contributed by atoms with Crippen LogP contribution in [-0.4, -0.2) is 59.0 Å². The van der Waals surface area contributed by atoms with Gasteiger partial charge in [-0.3, -0.25) is 19.2 Å². The van der Waals surface area contributed by atoms with Crippen LogP contribution in [0.5, 0.6) is 0 Å². The smallest absolute Gasteiger partial charge is 0.408 e. The summed E-state index contributed by atoms with van der Waals surface area (Å²) in [6.07, 6.45) is 10.1. The first-order valence-corrected chi connectivity index (χ1v) is 16.5. The number of nitrogens with one attached hydrogen (secondary N) is 1. The quantitative estimate of drug-likeness (QED) is 0.204. The van der Waals surface area contributed by atoms with Gasteiger partial charge < -0.3 is 15.0 Å². The molecule has 234 valence electrons. The van der Waals surface area contributed by atoms with E-state index < -0.39 is 35.7 Å². The Hall–Kier alpha value is -2.51. The van der Waals surface area contributed by atoms with Gasteiger partial charge in [-0.05, 0) is 74.0 Å². The van der Waals surface area contributed by atoms with Crippen LogP contribution in [0.15, 0.2) is 12.7 Å². The van der Waals surface area contributed by atoms with Crippen molar-refractivity contribution in [2.24, 2.45) is 35.0 Å². The van der Waals surface area contributed by atoms with Crippen LogP contribution >= 0.6 is 0 Å². The highest BCUT2D eigenvalue weighted by Crippen LogP contribution is 2.65. The molecule has 1 saturated heterocycles. The van der Waals surface area contributed by atoms with Gasteiger partial charge in [0, 0.05) is 25.3 Å². The first-order valence-electron chi connectivity index (χ1n) is 16.5. The largest absolute Gasteiger partial charge is 0.446 e. The molecular weight excluding hydrogens is 532 g/mol. The highest BCUT2D eigenvalue weighted by atomic mass is 16.6. The topological polar surface area (TPSA) is 110 Å². The number of carbonyl (C=O) groups is 5. The molecule has 8 nitrogen and oxygen atoms in total. The second-order valence-corrected chi connectivity index (χ2v) is 14.1. The van der Waals surface area contributed by atoms with Gasteiger partial charge in [0.05, 0.1) is 6.04 Å². The molecule has 3 unspecified atom stereocenters. The number of amides is 2. The zero-order valence-electron chi connectivity index (χ0n) is 26.2. The number of allylic oxidation sites excluding steroid dienone is 1. The van der Waals surface area contributed by atoms with Crippen molar-refractivity contribution < 1.29 is 28.7 Å². The Morgan fingerprint density at radius 2 is 1.79 bits per heavy atom. The summed E-state index contributed by atoms with van der Waals surface area (Å²) in [6.45, 7) is 12.5. The molecule has 4 fully saturated rings. The summed E-state index contributed by atoms with van der Waals surface area (Å²) in [6, 6.07) is -1.38. The van der Waals surface area contributed by atoms with Crippen molar-refractivity contribution in [1.29, 1.82) is 0 Å². The lowest BCUT2D eigenvalue weighted by atomic mass is 9.82. The molecule has 0 spiro atoms. The Morgan fingerprint density at radius 3 is 2.40 bits per heavy atom. The van der Waals surface area contributed by atoms with Crippen molar-refractivity contribution in [3.05, 3.63) is 12.7 Å². The van der Waals surface area contributed by atoms with Crippen molar-refractivity contribution in [3.8, 4) is 0 Å². The molecule has 0 aromatic heterocycles. The number of ether oxygens (including phenoxy) is 1. The summed E-state index contributed by atoms with van der Waals surface area (Å²) in [5, 5.41) is 2.96. The minimum Gasteiger partial charge on any atom is -0.446 e. The summed E-state index contributed by atoms with van der Waals surface area (Å²) in [5.74, 6) is -1.24. The first kappa shape index (κ1) is 32.4. The van der Waals surface area contributed by atoms with Crippen LogP contribution in [0.4, 0.5) is 4.79 Å². The normalized spacial score (nSPS) is 29.7. The number of ketones is 3. The molecule has 8 heteroatoms. The van der Waals surface area contributed by atoms with E-state index in [0.717, 1.165) is 51.4 Å². The number of alkyl carbamates (subject to hydrolysis) is 1. The molecule has 0 bridgehead atoms. The van der Waals surface area contributed by atoms with E-state index in [2.05, 4.69) is 32.7 Å². The van der Waals surface area contributed by atoms with E-state index in [0.29, 0.717) is 31.7 Å². The fraction of sp³-hybridized carbons (Fsp3) is 0.794. The van der Waals surface area contributed by atoms with Crippen LogP contribution in [0.2, 0.25) is 0 Å². The van der Waals surface area contributed by atoms with Gasteiger partial charge in [0.25, 0.3) is 0 Å².